The Labute approximate surface area is 157 Å². The zero-order valence-corrected chi connectivity index (χ0v) is 16.2. The van der Waals surface area contributed by atoms with E-state index >= 15 is 0 Å². The molecule has 0 atom stereocenters. The van der Waals surface area contributed by atoms with Gasteiger partial charge in [0.15, 0.2) is 5.96 Å². The van der Waals surface area contributed by atoms with Crippen molar-refractivity contribution < 1.29 is 13.2 Å². The lowest BCUT2D eigenvalue weighted by atomic mass is 10.3. The van der Waals surface area contributed by atoms with E-state index in [0.29, 0.717) is 6.54 Å². The first-order valence-corrected chi connectivity index (χ1v) is 9.78. The number of likely N-dealkylation sites (N-methyl/N-ethyl adjacent to an activating group) is 1. The number of halogens is 3. The molecule has 0 aromatic carbocycles. The van der Waals surface area contributed by atoms with Gasteiger partial charge in [-0.3, -0.25) is 14.8 Å². The van der Waals surface area contributed by atoms with Crippen LogP contribution in [0.5, 0.6) is 0 Å². The minimum absolute atomic E-state index is 0.284. The summed E-state index contributed by atoms with van der Waals surface area (Å²) in [6.07, 6.45) is -4.16. The summed E-state index contributed by atoms with van der Waals surface area (Å²) in [6.45, 7) is 7.10. The minimum Gasteiger partial charge on any atom is -0.357 e. The third-order valence-electron chi connectivity index (χ3n) is 4.16. The highest BCUT2D eigenvalue weighted by Gasteiger charge is 2.28. The molecule has 5 nitrogen and oxygen atoms in total. The molecule has 0 aliphatic carbocycles. The molecule has 2 rings (SSSR count). The number of thiophene rings is 1. The highest BCUT2D eigenvalue weighted by molar-refractivity contribution is 7.09. The van der Waals surface area contributed by atoms with E-state index in [1.165, 1.54) is 16.8 Å². The van der Waals surface area contributed by atoms with Gasteiger partial charge >= 0.3 is 6.18 Å². The summed E-state index contributed by atoms with van der Waals surface area (Å²) in [5.74, 6) is 0.795. The normalized spacial score (nSPS) is 17.2. The van der Waals surface area contributed by atoms with Gasteiger partial charge in [0.25, 0.3) is 0 Å². The van der Waals surface area contributed by atoms with Crippen LogP contribution in [0, 0.1) is 0 Å². The molecule has 0 bridgehead atoms. The fraction of sp³-hybridized carbons (Fsp3) is 0.706. The van der Waals surface area contributed by atoms with Crippen LogP contribution in [0.2, 0.25) is 0 Å². The molecule has 0 saturated carbocycles. The van der Waals surface area contributed by atoms with Gasteiger partial charge in [0.2, 0.25) is 0 Å². The molecule has 148 valence electrons. The molecular weight excluding hydrogens is 363 g/mol. The highest BCUT2D eigenvalue weighted by Crippen LogP contribution is 2.15. The first kappa shape index (κ1) is 21.0. The number of guanidine groups is 1. The van der Waals surface area contributed by atoms with Crippen molar-refractivity contribution in [1.82, 2.24) is 20.0 Å². The van der Waals surface area contributed by atoms with E-state index in [9.17, 15) is 13.2 Å². The second kappa shape index (κ2) is 10.1. The van der Waals surface area contributed by atoms with Gasteiger partial charge in [0.05, 0.1) is 13.1 Å². The van der Waals surface area contributed by atoms with Gasteiger partial charge in [-0.1, -0.05) is 6.07 Å². The number of nitrogens with one attached hydrogen (secondary N) is 1. The number of rotatable bonds is 7. The summed E-state index contributed by atoms with van der Waals surface area (Å²) >= 11 is 1.77. The van der Waals surface area contributed by atoms with Gasteiger partial charge in [-0.2, -0.15) is 13.2 Å². The maximum atomic E-state index is 12.4. The van der Waals surface area contributed by atoms with Gasteiger partial charge in [-0.05, 0) is 25.4 Å². The molecule has 0 amide bonds. The van der Waals surface area contributed by atoms with E-state index in [-0.39, 0.29) is 6.54 Å². The van der Waals surface area contributed by atoms with E-state index < -0.39 is 12.7 Å². The molecule has 1 fully saturated rings. The summed E-state index contributed by atoms with van der Waals surface area (Å²) in [5.41, 5.74) is 0. The monoisotopic (exact) mass is 391 g/mol. The summed E-state index contributed by atoms with van der Waals surface area (Å²) < 4.78 is 37.1. The third-order valence-corrected chi connectivity index (χ3v) is 5.02. The first-order chi connectivity index (χ1) is 12.4. The molecule has 2 heterocycles. The van der Waals surface area contributed by atoms with Crippen LogP contribution >= 0.6 is 11.3 Å². The zero-order valence-electron chi connectivity index (χ0n) is 15.4. The van der Waals surface area contributed by atoms with E-state index in [1.807, 2.05) is 6.92 Å². The molecule has 1 saturated heterocycles. The fourth-order valence-corrected chi connectivity index (χ4v) is 3.62. The topological polar surface area (TPSA) is 34.1 Å². The van der Waals surface area contributed by atoms with Crippen LogP contribution in [0.3, 0.4) is 0 Å². The second-order valence-electron chi connectivity index (χ2n) is 6.43. The van der Waals surface area contributed by atoms with Gasteiger partial charge in [-0.25, -0.2) is 0 Å². The van der Waals surface area contributed by atoms with E-state index in [0.717, 1.165) is 45.2 Å². The molecule has 9 heteroatoms. The lowest BCUT2D eigenvalue weighted by Crippen LogP contribution is -2.52. The lowest BCUT2D eigenvalue weighted by Gasteiger charge is -2.36. The average Bonchev–Trinajstić information content (AvgIpc) is 3.06. The zero-order chi connectivity index (χ0) is 19.0. The number of hydrogen-bond donors (Lipinski definition) is 1. The Morgan fingerprint density at radius 2 is 2.04 bits per heavy atom. The Balaban J connectivity index is 1.79. The molecule has 0 spiro atoms. The Hall–Kier alpha value is -1.32. The Morgan fingerprint density at radius 3 is 2.62 bits per heavy atom. The number of piperazine rings is 1. The van der Waals surface area contributed by atoms with Gasteiger partial charge in [0.1, 0.15) is 0 Å². The number of aliphatic imine (C=N–C) groups is 1. The fourth-order valence-electron chi connectivity index (χ4n) is 2.88. The molecule has 1 aromatic rings. The number of hydrogen-bond acceptors (Lipinski definition) is 4. The van der Waals surface area contributed by atoms with Crippen molar-refractivity contribution >= 4 is 17.3 Å². The van der Waals surface area contributed by atoms with E-state index in [1.54, 1.807) is 11.3 Å². The molecule has 1 aromatic heterocycles. The molecule has 26 heavy (non-hydrogen) atoms. The van der Waals surface area contributed by atoms with Gasteiger partial charge in [0, 0.05) is 50.7 Å². The third kappa shape index (κ3) is 7.51. The van der Waals surface area contributed by atoms with Crippen molar-refractivity contribution in [2.45, 2.75) is 19.6 Å². The van der Waals surface area contributed by atoms with Crippen LogP contribution in [-0.4, -0.2) is 86.2 Å². The predicted molar refractivity (Wildman–Crippen MR) is 101 cm³/mol. The molecule has 0 unspecified atom stereocenters. The summed E-state index contributed by atoms with van der Waals surface area (Å²) in [7, 11) is 1.47. The van der Waals surface area contributed by atoms with Crippen LogP contribution in [0.1, 0.15) is 11.8 Å². The maximum Gasteiger partial charge on any atom is 0.401 e. The SMILES string of the molecule is CCNC(=NCCN(C)CC(F)(F)F)N1CCN(Cc2cccs2)CC1. The Kier molecular flexibility index (Phi) is 8.17. The lowest BCUT2D eigenvalue weighted by molar-refractivity contribution is -0.142. The summed E-state index contributed by atoms with van der Waals surface area (Å²) in [6, 6.07) is 4.22. The van der Waals surface area contributed by atoms with E-state index in [2.05, 4.69) is 37.6 Å². The largest absolute Gasteiger partial charge is 0.401 e. The van der Waals surface area contributed by atoms with Crippen molar-refractivity contribution in [1.29, 1.82) is 0 Å². The van der Waals surface area contributed by atoms with Crippen molar-refractivity contribution in [3.8, 4) is 0 Å². The first-order valence-electron chi connectivity index (χ1n) is 8.90. The van der Waals surface area contributed by atoms with Gasteiger partial charge < -0.3 is 10.2 Å². The molecule has 0 radical (unpaired) electrons. The van der Waals surface area contributed by atoms with E-state index in [4.69, 9.17) is 0 Å². The molecule has 1 N–H and O–H groups in total. The average molecular weight is 392 g/mol. The van der Waals surface area contributed by atoms with Crippen molar-refractivity contribution in [2.24, 2.45) is 4.99 Å². The maximum absolute atomic E-state index is 12.4. The highest BCUT2D eigenvalue weighted by atomic mass is 32.1. The van der Waals surface area contributed by atoms with Crippen molar-refractivity contribution in [3.05, 3.63) is 22.4 Å². The number of alkyl halides is 3. The second-order valence-corrected chi connectivity index (χ2v) is 7.46. The molecule has 1 aliphatic rings. The smallest absolute Gasteiger partial charge is 0.357 e. The standard InChI is InChI=1S/C17H28F3N5S/c1-3-21-16(22-6-7-23(2)14-17(18,19)20)25-10-8-24(9-11-25)13-15-5-4-12-26-15/h4-5,12H,3,6-11,13-14H2,1-2H3,(H,21,22). The molecular formula is C17H28F3N5S. The van der Waals surface area contributed by atoms with Crippen LogP contribution in [-0.2, 0) is 6.54 Å². The summed E-state index contributed by atoms with van der Waals surface area (Å²) in [4.78, 5) is 11.7. The quantitative estimate of drug-likeness (QED) is 0.572. The van der Waals surface area contributed by atoms with Crippen LogP contribution in [0.25, 0.3) is 0 Å². The Bertz CT molecular complexity index is 539. The minimum atomic E-state index is -4.16. The number of nitrogens with zero attached hydrogens (tertiary/aromatic N) is 4. The van der Waals surface area contributed by atoms with Crippen LogP contribution < -0.4 is 5.32 Å². The van der Waals surface area contributed by atoms with Crippen LogP contribution in [0.4, 0.5) is 13.2 Å². The van der Waals surface area contributed by atoms with Gasteiger partial charge in [-0.15, -0.1) is 11.3 Å². The van der Waals surface area contributed by atoms with Crippen molar-refractivity contribution in [3.63, 3.8) is 0 Å². The summed E-state index contributed by atoms with van der Waals surface area (Å²) in [5, 5.41) is 5.35. The molecule has 1 aliphatic heterocycles. The van der Waals surface area contributed by atoms with Crippen LogP contribution in [0.15, 0.2) is 22.5 Å². The Morgan fingerprint density at radius 1 is 1.31 bits per heavy atom. The van der Waals surface area contributed by atoms with Crippen molar-refractivity contribution in [2.75, 3.05) is 59.4 Å². The predicted octanol–water partition coefficient (Wildman–Crippen LogP) is 2.33.